The van der Waals surface area contributed by atoms with Crippen molar-refractivity contribution in [1.29, 1.82) is 0 Å². The van der Waals surface area contributed by atoms with E-state index in [0.29, 0.717) is 11.3 Å². The molecule has 0 saturated carbocycles. The van der Waals surface area contributed by atoms with Crippen molar-refractivity contribution in [2.75, 3.05) is 11.5 Å². The highest BCUT2D eigenvalue weighted by molar-refractivity contribution is 5.87. The van der Waals surface area contributed by atoms with Gasteiger partial charge in [-0.3, -0.25) is 0 Å². The van der Waals surface area contributed by atoms with Crippen LogP contribution in [0.4, 0.5) is 11.9 Å². The highest BCUT2D eigenvalue weighted by Gasteiger charge is 2.18. The summed E-state index contributed by atoms with van der Waals surface area (Å²) in [4.78, 5) is 23.5. The molecule has 0 unspecified atom stereocenters. The second-order valence-corrected chi connectivity index (χ2v) is 4.92. The minimum absolute atomic E-state index is 0.0472. The van der Waals surface area contributed by atoms with Crippen molar-refractivity contribution in [3.8, 4) is 5.75 Å². The molecule has 0 aliphatic carbocycles. The third kappa shape index (κ3) is 4.22. The molecule has 0 radical (unpaired) electrons. The van der Waals surface area contributed by atoms with Crippen LogP contribution in [0.5, 0.6) is 5.75 Å². The highest BCUT2D eigenvalue weighted by atomic mass is 16.5. The number of nitrogens with two attached hydrogens (primary N) is 2. The van der Waals surface area contributed by atoms with Crippen LogP contribution in [0.15, 0.2) is 47.1 Å². The quantitative estimate of drug-likeness (QED) is 0.639. The molecule has 25 heavy (non-hydrogen) atoms. The zero-order valence-electron chi connectivity index (χ0n) is 13.1. The number of hydrogen-bond donors (Lipinski definition) is 2. The van der Waals surface area contributed by atoms with Crippen LogP contribution in [0.3, 0.4) is 0 Å². The van der Waals surface area contributed by atoms with Crippen LogP contribution in [-0.4, -0.2) is 20.9 Å². The van der Waals surface area contributed by atoms with Gasteiger partial charge < -0.3 is 25.4 Å². The summed E-state index contributed by atoms with van der Waals surface area (Å²) in [6.45, 7) is -0.0496. The lowest BCUT2D eigenvalue weighted by atomic mass is 10.2. The topological polar surface area (TPSA) is 139 Å². The van der Waals surface area contributed by atoms with E-state index in [9.17, 15) is 4.79 Å². The Labute approximate surface area is 142 Å². The van der Waals surface area contributed by atoms with Gasteiger partial charge in [-0.2, -0.15) is 15.0 Å². The van der Waals surface area contributed by atoms with Crippen LogP contribution in [0.2, 0.25) is 0 Å². The molecule has 0 amide bonds. The summed E-state index contributed by atoms with van der Waals surface area (Å²) in [5.41, 5.74) is 11.5. The number of nitrogens with zero attached hydrogens (tertiary/aromatic N) is 3. The molecule has 9 nitrogen and oxygen atoms in total. The predicted molar refractivity (Wildman–Crippen MR) is 87.3 cm³/mol. The normalized spacial score (nSPS) is 10.4. The number of carbonyl (C=O) groups excluding carboxylic acids is 1. The highest BCUT2D eigenvalue weighted by Crippen LogP contribution is 2.17. The number of esters is 1. The van der Waals surface area contributed by atoms with E-state index in [-0.39, 0.29) is 36.7 Å². The second kappa shape index (κ2) is 7.30. The Kier molecular flexibility index (Phi) is 4.74. The fourth-order valence-corrected chi connectivity index (χ4v) is 2.02. The Morgan fingerprint density at radius 1 is 1.00 bits per heavy atom. The Morgan fingerprint density at radius 2 is 1.72 bits per heavy atom. The molecule has 0 aliphatic heterocycles. The van der Waals surface area contributed by atoms with E-state index in [0.717, 1.165) is 0 Å². The molecule has 0 atom stereocenters. The predicted octanol–water partition coefficient (Wildman–Crippen LogP) is 1.56. The Balaban J connectivity index is 1.62. The summed E-state index contributed by atoms with van der Waals surface area (Å²) in [5.74, 6) is 0.105. The molecule has 0 aliphatic rings. The summed E-state index contributed by atoms with van der Waals surface area (Å²) in [6, 6.07) is 10.9. The maximum absolute atomic E-state index is 12.2. The number of anilines is 2. The minimum atomic E-state index is -0.672. The fourth-order valence-electron chi connectivity index (χ4n) is 2.02. The van der Waals surface area contributed by atoms with E-state index in [1.807, 2.05) is 30.3 Å². The number of aromatic nitrogens is 3. The van der Waals surface area contributed by atoms with Gasteiger partial charge in [0.05, 0.1) is 6.26 Å². The van der Waals surface area contributed by atoms with Crippen molar-refractivity contribution in [3.05, 3.63) is 59.8 Å². The summed E-state index contributed by atoms with van der Waals surface area (Å²) in [7, 11) is 0. The van der Waals surface area contributed by atoms with Gasteiger partial charge in [0.25, 0.3) is 0 Å². The van der Waals surface area contributed by atoms with Crippen molar-refractivity contribution in [3.63, 3.8) is 0 Å². The second-order valence-electron chi connectivity index (χ2n) is 4.92. The average Bonchev–Trinajstić information content (AvgIpc) is 3.07. The number of hydrogen-bond acceptors (Lipinski definition) is 9. The van der Waals surface area contributed by atoms with E-state index >= 15 is 0 Å². The molecule has 2 aromatic heterocycles. The van der Waals surface area contributed by atoms with Gasteiger partial charge in [0, 0.05) is 5.56 Å². The molecule has 0 spiro atoms. The molecule has 2 heterocycles. The molecular weight excluding hydrogens is 326 g/mol. The first-order valence-corrected chi connectivity index (χ1v) is 7.29. The molecule has 9 heteroatoms. The molecule has 0 fully saturated rings. The molecule has 4 N–H and O–H groups in total. The molecule has 1 aromatic carbocycles. The summed E-state index contributed by atoms with van der Waals surface area (Å²) in [5, 5.41) is 0. The third-order valence-corrected chi connectivity index (χ3v) is 3.12. The van der Waals surface area contributed by atoms with Gasteiger partial charge in [0.1, 0.15) is 12.4 Å². The lowest BCUT2D eigenvalue weighted by Crippen LogP contribution is -2.12. The first-order valence-electron chi connectivity index (χ1n) is 7.29. The average molecular weight is 341 g/mol. The number of benzene rings is 1. The van der Waals surface area contributed by atoms with E-state index in [2.05, 4.69) is 15.0 Å². The van der Waals surface area contributed by atoms with E-state index in [4.69, 9.17) is 25.4 Å². The standard InChI is InChI=1S/C16H15N5O4/c17-15-19-12(20-16(18)21-15)9-25-14(22)13-10(6-7-23-13)8-24-11-4-2-1-3-5-11/h1-7H,8-9H2,(H4,17,18,19,20,21). The number of para-hydroxylation sites is 1. The summed E-state index contributed by atoms with van der Waals surface area (Å²) in [6.07, 6.45) is 1.39. The van der Waals surface area contributed by atoms with Gasteiger partial charge in [0.2, 0.25) is 17.7 Å². The van der Waals surface area contributed by atoms with Crippen molar-refractivity contribution in [2.45, 2.75) is 13.2 Å². The number of nitrogen functional groups attached to an aromatic ring is 2. The van der Waals surface area contributed by atoms with Gasteiger partial charge >= 0.3 is 5.97 Å². The van der Waals surface area contributed by atoms with E-state index < -0.39 is 5.97 Å². The van der Waals surface area contributed by atoms with Gasteiger partial charge in [-0.25, -0.2) is 4.79 Å². The monoisotopic (exact) mass is 341 g/mol. The van der Waals surface area contributed by atoms with Crippen LogP contribution in [0, 0.1) is 0 Å². The lowest BCUT2D eigenvalue weighted by Gasteiger charge is -2.07. The van der Waals surface area contributed by atoms with Crippen molar-refractivity contribution < 1.29 is 18.7 Å². The molecule has 3 aromatic rings. The zero-order valence-corrected chi connectivity index (χ0v) is 13.1. The van der Waals surface area contributed by atoms with Crippen LogP contribution in [0.1, 0.15) is 21.9 Å². The minimum Gasteiger partial charge on any atom is -0.489 e. The van der Waals surface area contributed by atoms with Gasteiger partial charge in [0.15, 0.2) is 12.4 Å². The smallest absolute Gasteiger partial charge is 0.375 e. The molecule has 128 valence electrons. The first kappa shape index (κ1) is 16.2. The third-order valence-electron chi connectivity index (χ3n) is 3.12. The van der Waals surface area contributed by atoms with Crippen LogP contribution < -0.4 is 16.2 Å². The molecular formula is C16H15N5O4. The maximum atomic E-state index is 12.2. The maximum Gasteiger partial charge on any atom is 0.375 e. The number of furan rings is 1. The van der Waals surface area contributed by atoms with Crippen LogP contribution in [-0.2, 0) is 18.0 Å². The van der Waals surface area contributed by atoms with Gasteiger partial charge in [-0.1, -0.05) is 18.2 Å². The van der Waals surface area contributed by atoms with Crippen molar-refractivity contribution >= 4 is 17.9 Å². The Morgan fingerprint density at radius 3 is 2.44 bits per heavy atom. The first-order chi connectivity index (χ1) is 12.1. The lowest BCUT2D eigenvalue weighted by molar-refractivity contribution is 0.0421. The summed E-state index contributed by atoms with van der Waals surface area (Å²) >= 11 is 0. The Hall–Kier alpha value is -3.62. The van der Waals surface area contributed by atoms with Crippen LogP contribution in [0.25, 0.3) is 0 Å². The number of rotatable bonds is 6. The van der Waals surface area contributed by atoms with Crippen molar-refractivity contribution in [2.24, 2.45) is 0 Å². The molecule has 0 bridgehead atoms. The SMILES string of the molecule is Nc1nc(N)nc(COC(=O)c2occc2COc2ccccc2)n1. The van der Waals surface area contributed by atoms with Crippen LogP contribution >= 0.6 is 0 Å². The molecule has 0 saturated heterocycles. The fraction of sp³-hybridized carbons (Fsp3) is 0.125. The summed E-state index contributed by atoms with van der Waals surface area (Å²) < 4.78 is 15.9. The number of ether oxygens (including phenoxy) is 2. The van der Waals surface area contributed by atoms with Crippen molar-refractivity contribution in [1.82, 2.24) is 15.0 Å². The number of carbonyl (C=O) groups is 1. The molecule has 3 rings (SSSR count). The van der Waals surface area contributed by atoms with Gasteiger partial charge in [-0.15, -0.1) is 0 Å². The Bertz CT molecular complexity index is 846. The van der Waals surface area contributed by atoms with E-state index in [1.165, 1.54) is 6.26 Å². The van der Waals surface area contributed by atoms with Gasteiger partial charge in [-0.05, 0) is 18.2 Å². The zero-order chi connectivity index (χ0) is 17.6. The van der Waals surface area contributed by atoms with E-state index in [1.54, 1.807) is 6.07 Å². The largest absolute Gasteiger partial charge is 0.489 e.